The fourth-order valence-corrected chi connectivity index (χ4v) is 0.927. The minimum Gasteiger partial charge on any atom is -0.510 e. The molecule has 88 valence electrons. The topological polar surface area (TPSA) is 118 Å². The first-order valence-electron chi connectivity index (χ1n) is 4.36. The predicted octanol–water partition coefficient (Wildman–Crippen LogP) is -1.52. The van der Waals surface area contributed by atoms with Crippen LogP contribution in [0.25, 0.3) is 0 Å². The summed E-state index contributed by atoms with van der Waals surface area (Å²) in [6, 6.07) is 0. The molecule has 0 aliphatic carbocycles. The van der Waals surface area contributed by atoms with Gasteiger partial charge in [-0.3, -0.25) is 0 Å². The van der Waals surface area contributed by atoms with Crippen molar-refractivity contribution in [3.05, 3.63) is 11.3 Å². The summed E-state index contributed by atoms with van der Waals surface area (Å²) < 4.78 is 0. The highest BCUT2D eigenvalue weighted by Gasteiger charge is 2.32. The van der Waals surface area contributed by atoms with Crippen LogP contribution < -0.4 is 0 Å². The van der Waals surface area contributed by atoms with Gasteiger partial charge >= 0.3 is 0 Å². The maximum atomic E-state index is 10.1. The first-order chi connectivity index (χ1) is 6.82. The quantitative estimate of drug-likeness (QED) is 0.284. The van der Waals surface area contributed by atoms with Crippen molar-refractivity contribution in [2.75, 3.05) is 0 Å². The summed E-state index contributed by atoms with van der Waals surface area (Å²) in [5.74, 6) is -0.500. The van der Waals surface area contributed by atoms with E-state index in [0.717, 1.165) is 0 Å². The minimum atomic E-state index is -1.85. The molecular formula is C9H16O6. The molecule has 0 saturated heterocycles. The van der Waals surface area contributed by atoms with Crippen LogP contribution in [0.4, 0.5) is 0 Å². The third kappa shape index (κ3) is 3.60. The molecule has 5 N–H and O–H groups in total. The van der Waals surface area contributed by atoms with Gasteiger partial charge in [-0.1, -0.05) is 0 Å². The molecule has 0 aromatic rings. The zero-order valence-electron chi connectivity index (χ0n) is 8.53. The van der Waals surface area contributed by atoms with Crippen LogP contribution in [0.1, 0.15) is 13.8 Å². The third-order valence-electron chi connectivity index (χ3n) is 1.96. The Kier molecular flexibility index (Phi) is 5.45. The van der Waals surface area contributed by atoms with E-state index in [2.05, 4.69) is 0 Å². The second kappa shape index (κ2) is 5.82. The average molecular weight is 220 g/mol. The molecular weight excluding hydrogens is 204 g/mol. The molecule has 0 aliphatic rings. The van der Waals surface area contributed by atoms with Crippen molar-refractivity contribution in [1.82, 2.24) is 0 Å². The van der Waals surface area contributed by atoms with Crippen LogP contribution in [-0.4, -0.2) is 56.2 Å². The van der Waals surface area contributed by atoms with E-state index >= 15 is 0 Å². The fraction of sp³-hybridized carbons (Fsp3) is 0.667. The molecule has 0 aliphatic heterocycles. The van der Waals surface area contributed by atoms with Gasteiger partial charge in [-0.15, -0.1) is 0 Å². The van der Waals surface area contributed by atoms with Gasteiger partial charge < -0.3 is 30.3 Å². The number of aliphatic hydroxyl groups is 5. The molecule has 0 spiro atoms. The van der Waals surface area contributed by atoms with Gasteiger partial charge in [-0.2, -0.15) is 0 Å². The minimum absolute atomic E-state index is 0.0279. The van der Waals surface area contributed by atoms with E-state index in [1.165, 1.54) is 13.8 Å². The molecule has 0 heterocycles. The lowest BCUT2D eigenvalue weighted by Crippen LogP contribution is -2.45. The van der Waals surface area contributed by atoms with Gasteiger partial charge in [0.05, 0.1) is 0 Å². The summed E-state index contributed by atoms with van der Waals surface area (Å²) in [7, 11) is 0. The first-order valence-corrected chi connectivity index (χ1v) is 4.36. The highest BCUT2D eigenvalue weighted by atomic mass is 16.4. The fourth-order valence-electron chi connectivity index (χ4n) is 0.927. The van der Waals surface area contributed by atoms with Crippen molar-refractivity contribution in [3.8, 4) is 0 Å². The Morgan fingerprint density at radius 3 is 1.87 bits per heavy atom. The molecule has 0 unspecified atom stereocenters. The van der Waals surface area contributed by atoms with E-state index < -0.39 is 30.2 Å². The highest BCUT2D eigenvalue weighted by molar-refractivity contribution is 5.56. The molecule has 0 aromatic heterocycles. The van der Waals surface area contributed by atoms with Gasteiger partial charge in [0, 0.05) is 0 Å². The monoisotopic (exact) mass is 220 g/mol. The molecule has 0 bridgehead atoms. The molecule has 0 aromatic carbocycles. The van der Waals surface area contributed by atoms with E-state index in [1.54, 1.807) is 0 Å². The zero-order chi connectivity index (χ0) is 12.2. The standard InChI is InChI=1S/C9H16O6/c1-4(2)6(12)8(14)9(15)7(13)5(11)3-10/h3,5,7-9,11-15H,1-2H3/t5-,7+,8+,9-/m0/s1. The summed E-state index contributed by atoms with van der Waals surface area (Å²) in [6.45, 7) is 2.99. The Balaban J connectivity index is 4.64. The predicted molar refractivity (Wildman–Crippen MR) is 51.1 cm³/mol. The van der Waals surface area contributed by atoms with E-state index in [4.69, 9.17) is 10.2 Å². The number of rotatable bonds is 5. The van der Waals surface area contributed by atoms with Crippen molar-refractivity contribution >= 4 is 6.29 Å². The zero-order valence-corrected chi connectivity index (χ0v) is 8.53. The van der Waals surface area contributed by atoms with Gasteiger partial charge in [0.15, 0.2) is 6.29 Å². The number of carbonyl (C=O) groups excluding carboxylic acids is 1. The number of aldehydes is 1. The average Bonchev–Trinajstić information content (AvgIpc) is 2.23. The molecule has 0 fully saturated rings. The molecule has 6 nitrogen and oxygen atoms in total. The molecule has 6 heteroatoms. The van der Waals surface area contributed by atoms with E-state index in [9.17, 15) is 20.1 Å². The first kappa shape index (κ1) is 14.1. The number of hydrogen-bond donors (Lipinski definition) is 5. The van der Waals surface area contributed by atoms with Gasteiger partial charge in [0.1, 0.15) is 30.2 Å². The Morgan fingerprint density at radius 1 is 1.07 bits per heavy atom. The molecule has 4 atom stereocenters. The lowest BCUT2D eigenvalue weighted by Gasteiger charge is -2.24. The second-order valence-corrected chi connectivity index (χ2v) is 3.44. The number of aliphatic hydroxyl groups excluding tert-OH is 5. The lowest BCUT2D eigenvalue weighted by molar-refractivity contribution is -0.133. The van der Waals surface area contributed by atoms with Crippen LogP contribution in [0.15, 0.2) is 11.3 Å². The van der Waals surface area contributed by atoms with Crippen molar-refractivity contribution in [2.45, 2.75) is 38.3 Å². The summed E-state index contributed by atoms with van der Waals surface area (Å²) in [4.78, 5) is 10.1. The van der Waals surface area contributed by atoms with E-state index in [-0.39, 0.29) is 6.29 Å². The van der Waals surface area contributed by atoms with Gasteiger partial charge in [-0.25, -0.2) is 0 Å². The number of allylic oxidation sites excluding steroid dienone is 1. The number of carbonyl (C=O) groups is 1. The second-order valence-electron chi connectivity index (χ2n) is 3.44. The lowest BCUT2D eigenvalue weighted by atomic mass is 10.0. The van der Waals surface area contributed by atoms with Crippen LogP contribution in [0.2, 0.25) is 0 Å². The smallest absolute Gasteiger partial charge is 0.151 e. The van der Waals surface area contributed by atoms with Gasteiger partial charge in [0.2, 0.25) is 0 Å². The largest absolute Gasteiger partial charge is 0.510 e. The molecule has 15 heavy (non-hydrogen) atoms. The molecule has 0 saturated carbocycles. The van der Waals surface area contributed by atoms with Crippen LogP contribution in [0.5, 0.6) is 0 Å². The Bertz CT molecular complexity index is 245. The number of hydrogen-bond acceptors (Lipinski definition) is 6. The molecule has 0 amide bonds. The van der Waals surface area contributed by atoms with Crippen molar-refractivity contribution < 1.29 is 30.3 Å². The van der Waals surface area contributed by atoms with E-state index in [1.807, 2.05) is 0 Å². The Hall–Kier alpha value is -0.950. The van der Waals surface area contributed by atoms with Crippen molar-refractivity contribution in [3.63, 3.8) is 0 Å². The van der Waals surface area contributed by atoms with E-state index in [0.29, 0.717) is 5.57 Å². The Morgan fingerprint density at radius 2 is 1.53 bits per heavy atom. The van der Waals surface area contributed by atoms with Crippen molar-refractivity contribution in [1.29, 1.82) is 0 Å². The van der Waals surface area contributed by atoms with Gasteiger partial charge in [0.25, 0.3) is 0 Å². The summed E-state index contributed by atoms with van der Waals surface area (Å²) in [5.41, 5.74) is 0.356. The van der Waals surface area contributed by atoms with Crippen LogP contribution in [-0.2, 0) is 4.79 Å². The summed E-state index contributed by atoms with van der Waals surface area (Å²) in [5, 5.41) is 45.9. The maximum Gasteiger partial charge on any atom is 0.151 e. The highest BCUT2D eigenvalue weighted by Crippen LogP contribution is 2.12. The van der Waals surface area contributed by atoms with Crippen molar-refractivity contribution in [2.24, 2.45) is 0 Å². The third-order valence-corrected chi connectivity index (χ3v) is 1.96. The van der Waals surface area contributed by atoms with Crippen LogP contribution in [0.3, 0.4) is 0 Å². The van der Waals surface area contributed by atoms with Crippen LogP contribution >= 0.6 is 0 Å². The summed E-state index contributed by atoms with van der Waals surface area (Å²) >= 11 is 0. The Labute approximate surface area is 87.1 Å². The molecule has 0 radical (unpaired) electrons. The van der Waals surface area contributed by atoms with Gasteiger partial charge in [-0.05, 0) is 19.4 Å². The van der Waals surface area contributed by atoms with Crippen LogP contribution in [0, 0.1) is 0 Å². The maximum absolute atomic E-state index is 10.1. The summed E-state index contributed by atoms with van der Waals surface area (Å²) in [6.07, 6.45) is -7.20. The normalized spacial score (nSPS) is 18.8. The SMILES string of the molecule is CC(C)=C(O)[C@@H](O)[C@@H](O)[C@H](O)[C@@H](O)C=O. The molecule has 0 rings (SSSR count).